The fraction of sp³-hybridized carbons (Fsp3) is 0.391. The van der Waals surface area contributed by atoms with E-state index in [1.807, 2.05) is 18.2 Å². The number of pyridine rings is 1. The van der Waals surface area contributed by atoms with Crippen molar-refractivity contribution < 1.29 is 4.79 Å². The molecule has 1 aliphatic heterocycles. The maximum Gasteiger partial charge on any atom is 0.283 e. The minimum atomic E-state index is -0.341. The van der Waals surface area contributed by atoms with Gasteiger partial charge in [-0.3, -0.25) is 19.1 Å². The Hall–Kier alpha value is -3.06. The summed E-state index contributed by atoms with van der Waals surface area (Å²) in [5.74, 6) is -0.282. The Bertz CT molecular complexity index is 1070. The molecule has 3 heterocycles. The lowest BCUT2D eigenvalue weighted by Crippen LogP contribution is -2.49. The van der Waals surface area contributed by atoms with Gasteiger partial charge in [-0.15, -0.1) is 0 Å². The molecule has 3 aromatic rings. The topological polar surface area (TPSA) is 71.3 Å². The molecule has 1 fully saturated rings. The number of piperazine rings is 1. The van der Waals surface area contributed by atoms with Gasteiger partial charge in [0.25, 0.3) is 11.5 Å². The zero-order valence-electron chi connectivity index (χ0n) is 17.3. The van der Waals surface area contributed by atoms with Crippen molar-refractivity contribution in [2.75, 3.05) is 26.2 Å². The van der Waals surface area contributed by atoms with Crippen molar-refractivity contribution in [1.29, 1.82) is 0 Å². The molecule has 0 N–H and O–H groups in total. The molecule has 2 aromatic heterocycles. The maximum atomic E-state index is 13.2. The number of unbranched alkanes of at least 4 members (excludes halogenated alkanes) is 1. The van der Waals surface area contributed by atoms with Gasteiger partial charge < -0.3 is 4.90 Å². The van der Waals surface area contributed by atoms with Crippen LogP contribution in [0.4, 0.5) is 0 Å². The van der Waals surface area contributed by atoms with Gasteiger partial charge in [0, 0.05) is 45.5 Å². The predicted molar refractivity (Wildman–Crippen MR) is 116 cm³/mol. The Labute approximate surface area is 176 Å². The number of aromatic nitrogens is 3. The number of fused-ring (bicyclic) bond motifs is 1. The summed E-state index contributed by atoms with van der Waals surface area (Å²) in [4.78, 5) is 39.1. The van der Waals surface area contributed by atoms with E-state index in [1.165, 1.54) is 5.56 Å². The second-order valence-electron chi connectivity index (χ2n) is 7.67. The van der Waals surface area contributed by atoms with Crippen LogP contribution >= 0.6 is 0 Å². The number of hydrogen-bond acceptors (Lipinski definition) is 5. The van der Waals surface area contributed by atoms with Gasteiger partial charge in [0.15, 0.2) is 11.3 Å². The van der Waals surface area contributed by atoms with Crippen molar-refractivity contribution in [3.8, 4) is 0 Å². The molecule has 7 nitrogen and oxygen atoms in total. The van der Waals surface area contributed by atoms with Gasteiger partial charge in [0.05, 0.1) is 0 Å². The van der Waals surface area contributed by atoms with Crippen LogP contribution in [0.25, 0.3) is 11.2 Å². The van der Waals surface area contributed by atoms with Crippen molar-refractivity contribution in [2.24, 2.45) is 0 Å². The molecule has 0 aliphatic carbocycles. The lowest BCUT2D eigenvalue weighted by atomic mass is 10.2. The quantitative estimate of drug-likeness (QED) is 0.630. The SMILES string of the molecule is CCCCn1c(=O)c(C(=O)N2CCN(Cc3ccccc3)CC2)nc2cccnc21. The highest BCUT2D eigenvalue weighted by molar-refractivity contribution is 5.93. The molecule has 7 heteroatoms. The van der Waals surface area contributed by atoms with Crippen LogP contribution < -0.4 is 5.56 Å². The van der Waals surface area contributed by atoms with Crippen LogP contribution in [-0.2, 0) is 13.1 Å². The number of aryl methyl sites for hydroxylation is 1. The molecule has 4 rings (SSSR count). The first kappa shape index (κ1) is 20.2. The first-order valence-corrected chi connectivity index (χ1v) is 10.6. The van der Waals surface area contributed by atoms with E-state index in [4.69, 9.17) is 0 Å². The Morgan fingerprint density at radius 1 is 1.03 bits per heavy atom. The van der Waals surface area contributed by atoms with E-state index in [0.717, 1.165) is 32.5 Å². The zero-order chi connectivity index (χ0) is 20.9. The van der Waals surface area contributed by atoms with Gasteiger partial charge in [-0.1, -0.05) is 43.7 Å². The molecule has 30 heavy (non-hydrogen) atoms. The Morgan fingerprint density at radius 3 is 2.53 bits per heavy atom. The third kappa shape index (κ3) is 4.26. The minimum Gasteiger partial charge on any atom is -0.335 e. The van der Waals surface area contributed by atoms with Gasteiger partial charge in [0.2, 0.25) is 0 Å². The normalized spacial score (nSPS) is 14.9. The lowest BCUT2D eigenvalue weighted by Gasteiger charge is -2.34. The van der Waals surface area contributed by atoms with E-state index >= 15 is 0 Å². The van der Waals surface area contributed by atoms with E-state index < -0.39 is 0 Å². The fourth-order valence-corrected chi connectivity index (χ4v) is 3.84. The van der Waals surface area contributed by atoms with E-state index in [0.29, 0.717) is 30.8 Å². The highest BCUT2D eigenvalue weighted by Crippen LogP contribution is 2.12. The molecule has 1 amide bonds. The minimum absolute atomic E-state index is 0.00288. The van der Waals surface area contributed by atoms with Crippen LogP contribution in [0.5, 0.6) is 0 Å². The van der Waals surface area contributed by atoms with Crippen LogP contribution in [0, 0.1) is 0 Å². The van der Waals surface area contributed by atoms with Crippen molar-refractivity contribution in [2.45, 2.75) is 32.9 Å². The molecule has 1 aromatic carbocycles. The summed E-state index contributed by atoms with van der Waals surface area (Å²) in [6, 6.07) is 13.9. The van der Waals surface area contributed by atoms with E-state index in [1.54, 1.807) is 27.8 Å². The Morgan fingerprint density at radius 2 is 1.80 bits per heavy atom. The van der Waals surface area contributed by atoms with Crippen LogP contribution in [0.15, 0.2) is 53.5 Å². The van der Waals surface area contributed by atoms with Crippen molar-refractivity contribution in [3.63, 3.8) is 0 Å². The first-order valence-electron chi connectivity index (χ1n) is 10.6. The number of nitrogens with zero attached hydrogens (tertiary/aromatic N) is 5. The molecule has 0 saturated carbocycles. The lowest BCUT2D eigenvalue weighted by molar-refractivity contribution is 0.0620. The van der Waals surface area contributed by atoms with Crippen LogP contribution in [-0.4, -0.2) is 56.4 Å². The number of benzene rings is 1. The predicted octanol–water partition coefficient (Wildman–Crippen LogP) is 2.55. The summed E-state index contributed by atoms with van der Waals surface area (Å²) in [6.07, 6.45) is 3.45. The number of hydrogen-bond donors (Lipinski definition) is 0. The molecule has 0 spiro atoms. The van der Waals surface area contributed by atoms with E-state index in [-0.39, 0.29) is 17.2 Å². The summed E-state index contributed by atoms with van der Waals surface area (Å²) in [7, 11) is 0. The second-order valence-corrected chi connectivity index (χ2v) is 7.67. The van der Waals surface area contributed by atoms with Crippen molar-refractivity contribution >= 4 is 17.1 Å². The van der Waals surface area contributed by atoms with Crippen molar-refractivity contribution in [1.82, 2.24) is 24.3 Å². The van der Waals surface area contributed by atoms with Crippen LogP contribution in [0.3, 0.4) is 0 Å². The van der Waals surface area contributed by atoms with E-state index in [9.17, 15) is 9.59 Å². The molecule has 0 unspecified atom stereocenters. The first-order chi connectivity index (χ1) is 14.7. The number of carbonyl (C=O) groups is 1. The smallest absolute Gasteiger partial charge is 0.283 e. The summed E-state index contributed by atoms with van der Waals surface area (Å²) in [5.41, 5.74) is 2.05. The Balaban J connectivity index is 1.52. The van der Waals surface area contributed by atoms with Gasteiger partial charge in [-0.05, 0) is 24.1 Å². The maximum absolute atomic E-state index is 13.2. The van der Waals surface area contributed by atoms with Crippen LogP contribution in [0.1, 0.15) is 35.8 Å². The van der Waals surface area contributed by atoms with Gasteiger partial charge in [-0.25, -0.2) is 9.97 Å². The highest BCUT2D eigenvalue weighted by atomic mass is 16.2. The van der Waals surface area contributed by atoms with Gasteiger partial charge in [0.1, 0.15) is 5.52 Å². The highest BCUT2D eigenvalue weighted by Gasteiger charge is 2.26. The largest absolute Gasteiger partial charge is 0.335 e. The molecule has 156 valence electrons. The van der Waals surface area contributed by atoms with Crippen molar-refractivity contribution in [3.05, 3.63) is 70.3 Å². The summed E-state index contributed by atoms with van der Waals surface area (Å²) < 4.78 is 1.60. The molecular formula is C23H27N5O2. The average Bonchev–Trinajstić information content (AvgIpc) is 2.79. The molecule has 0 atom stereocenters. The van der Waals surface area contributed by atoms with E-state index in [2.05, 4.69) is 33.9 Å². The second kappa shape index (κ2) is 9.17. The Kier molecular flexibility index (Phi) is 6.18. The molecule has 1 saturated heterocycles. The zero-order valence-corrected chi connectivity index (χ0v) is 17.3. The summed E-state index contributed by atoms with van der Waals surface area (Å²) >= 11 is 0. The summed E-state index contributed by atoms with van der Waals surface area (Å²) in [6.45, 7) is 6.21. The monoisotopic (exact) mass is 405 g/mol. The third-order valence-corrected chi connectivity index (χ3v) is 5.55. The summed E-state index contributed by atoms with van der Waals surface area (Å²) in [5, 5.41) is 0. The third-order valence-electron chi connectivity index (χ3n) is 5.55. The number of rotatable bonds is 6. The number of amides is 1. The average molecular weight is 406 g/mol. The van der Waals surface area contributed by atoms with Crippen LogP contribution in [0.2, 0.25) is 0 Å². The molecule has 1 aliphatic rings. The van der Waals surface area contributed by atoms with Gasteiger partial charge in [-0.2, -0.15) is 0 Å². The molecule has 0 radical (unpaired) electrons. The molecule has 0 bridgehead atoms. The fourth-order valence-electron chi connectivity index (χ4n) is 3.84. The number of carbonyl (C=O) groups excluding carboxylic acids is 1. The van der Waals surface area contributed by atoms with Gasteiger partial charge >= 0.3 is 0 Å². The standard InChI is InChI=1S/C23H27N5O2/c1-2-3-12-28-21-19(10-7-11-24-21)25-20(23(28)30)22(29)27-15-13-26(14-16-27)17-18-8-5-4-6-9-18/h4-11H,2-3,12-17H2,1H3. The molecular weight excluding hydrogens is 378 g/mol.